The van der Waals surface area contributed by atoms with Gasteiger partial charge in [-0.25, -0.2) is 0 Å². The lowest BCUT2D eigenvalue weighted by molar-refractivity contribution is -0.0854. The van der Waals surface area contributed by atoms with Crippen LogP contribution in [0.25, 0.3) is 0 Å². The van der Waals surface area contributed by atoms with Crippen LogP contribution >= 0.6 is 0 Å². The minimum Gasteiger partial charge on any atom is -0.493 e. The number of ether oxygens (including phenoxy) is 7. The van der Waals surface area contributed by atoms with Crippen molar-refractivity contribution in [2.24, 2.45) is 11.8 Å². The van der Waals surface area contributed by atoms with E-state index in [-0.39, 0.29) is 17.8 Å². The SMILES string of the molecule is COc1cc([C@H]2c3c(cc(OC)c(OC)c3OC)C[C@H]3CO[C@H](O)[C@@H]32)cc(OC)c1OC. The zero-order valence-corrected chi connectivity index (χ0v) is 19.3. The third-order valence-electron chi connectivity index (χ3n) is 6.53. The van der Waals surface area contributed by atoms with Crippen LogP contribution in [0.15, 0.2) is 18.2 Å². The fourth-order valence-electron chi connectivity index (χ4n) is 5.19. The van der Waals surface area contributed by atoms with Gasteiger partial charge in [-0.2, -0.15) is 0 Å². The van der Waals surface area contributed by atoms with Crippen molar-refractivity contribution in [3.63, 3.8) is 0 Å². The van der Waals surface area contributed by atoms with Gasteiger partial charge < -0.3 is 38.3 Å². The molecule has 0 unspecified atom stereocenters. The van der Waals surface area contributed by atoms with Gasteiger partial charge in [0.15, 0.2) is 29.3 Å². The molecule has 2 aromatic carbocycles. The molecule has 1 saturated heterocycles. The van der Waals surface area contributed by atoms with Gasteiger partial charge in [-0.05, 0) is 41.7 Å². The van der Waals surface area contributed by atoms with E-state index in [1.165, 1.54) is 0 Å². The molecule has 2 aromatic rings. The summed E-state index contributed by atoms with van der Waals surface area (Å²) in [5.41, 5.74) is 2.90. The van der Waals surface area contributed by atoms with E-state index < -0.39 is 6.29 Å². The summed E-state index contributed by atoms with van der Waals surface area (Å²) < 4.78 is 39.5. The fraction of sp³-hybridized carbons (Fsp3) is 0.500. The fourth-order valence-corrected chi connectivity index (χ4v) is 5.19. The minimum atomic E-state index is -0.907. The van der Waals surface area contributed by atoms with Crippen molar-refractivity contribution in [1.82, 2.24) is 0 Å². The smallest absolute Gasteiger partial charge is 0.203 e. The summed E-state index contributed by atoms with van der Waals surface area (Å²) in [5.74, 6) is 2.97. The van der Waals surface area contributed by atoms with Crippen LogP contribution in [-0.2, 0) is 11.2 Å². The summed E-state index contributed by atoms with van der Waals surface area (Å²) in [6.07, 6.45) is -0.177. The maximum absolute atomic E-state index is 10.8. The molecule has 1 aliphatic heterocycles. The lowest BCUT2D eigenvalue weighted by Gasteiger charge is -2.38. The van der Waals surface area contributed by atoms with Crippen LogP contribution in [0, 0.1) is 11.8 Å². The Morgan fingerprint density at radius 2 is 1.31 bits per heavy atom. The van der Waals surface area contributed by atoms with Crippen molar-refractivity contribution >= 4 is 0 Å². The normalized spacial score (nSPS) is 23.7. The first-order valence-electron chi connectivity index (χ1n) is 10.4. The summed E-state index contributed by atoms with van der Waals surface area (Å²) in [5, 5.41) is 10.8. The van der Waals surface area contributed by atoms with Crippen LogP contribution in [0.1, 0.15) is 22.6 Å². The van der Waals surface area contributed by atoms with Crippen molar-refractivity contribution < 1.29 is 38.3 Å². The summed E-state index contributed by atoms with van der Waals surface area (Å²) in [4.78, 5) is 0. The largest absolute Gasteiger partial charge is 0.493 e. The number of hydrogen-bond donors (Lipinski definition) is 1. The molecule has 0 aromatic heterocycles. The van der Waals surface area contributed by atoms with Gasteiger partial charge in [-0.1, -0.05) is 0 Å². The van der Waals surface area contributed by atoms with Crippen LogP contribution in [-0.4, -0.2) is 60.7 Å². The molecular weight excluding hydrogens is 416 g/mol. The van der Waals surface area contributed by atoms with Crippen molar-refractivity contribution in [2.45, 2.75) is 18.6 Å². The summed E-state index contributed by atoms with van der Waals surface area (Å²) >= 11 is 0. The number of aliphatic hydroxyl groups is 1. The van der Waals surface area contributed by atoms with Gasteiger partial charge in [0.1, 0.15) is 0 Å². The highest BCUT2D eigenvalue weighted by atomic mass is 16.6. The van der Waals surface area contributed by atoms with Crippen LogP contribution in [0.4, 0.5) is 0 Å². The van der Waals surface area contributed by atoms with Crippen molar-refractivity contribution in [3.05, 3.63) is 34.9 Å². The highest BCUT2D eigenvalue weighted by Crippen LogP contribution is 2.56. The van der Waals surface area contributed by atoms with Gasteiger partial charge in [0, 0.05) is 17.4 Å². The van der Waals surface area contributed by atoms with E-state index in [9.17, 15) is 5.11 Å². The first-order chi connectivity index (χ1) is 15.5. The van der Waals surface area contributed by atoms with Crippen LogP contribution in [0.2, 0.25) is 0 Å². The molecule has 8 nitrogen and oxygen atoms in total. The molecule has 0 saturated carbocycles. The van der Waals surface area contributed by atoms with Crippen LogP contribution < -0.4 is 28.4 Å². The Labute approximate surface area is 187 Å². The molecule has 0 amide bonds. The van der Waals surface area contributed by atoms with Crippen LogP contribution in [0.3, 0.4) is 0 Å². The number of aliphatic hydroxyl groups excluding tert-OH is 1. The average molecular weight is 446 g/mol. The van der Waals surface area contributed by atoms with E-state index in [4.69, 9.17) is 33.2 Å². The molecule has 32 heavy (non-hydrogen) atoms. The van der Waals surface area contributed by atoms with E-state index in [1.807, 2.05) is 18.2 Å². The number of hydrogen-bond acceptors (Lipinski definition) is 8. The lowest BCUT2D eigenvalue weighted by Crippen LogP contribution is -2.34. The molecule has 1 N–H and O–H groups in total. The highest BCUT2D eigenvalue weighted by molar-refractivity contribution is 5.64. The zero-order valence-electron chi connectivity index (χ0n) is 19.3. The van der Waals surface area contributed by atoms with Crippen LogP contribution in [0.5, 0.6) is 34.5 Å². The van der Waals surface area contributed by atoms with Gasteiger partial charge in [-0.3, -0.25) is 0 Å². The molecule has 4 atom stereocenters. The monoisotopic (exact) mass is 446 g/mol. The standard InChI is InChI=1S/C24H30O8/c1-26-15-9-13(10-16(27-2)21(15)29-4)18-19-12(7-14-11-32-24(25)20(14)18)8-17(28-3)22(30-5)23(19)31-6/h8-10,14,18,20,24-25H,7,11H2,1-6H3/t14-,18-,20-,24-/m0/s1. The molecule has 4 rings (SSSR count). The van der Waals surface area contributed by atoms with E-state index in [2.05, 4.69) is 0 Å². The molecule has 0 spiro atoms. The lowest BCUT2D eigenvalue weighted by atomic mass is 9.67. The zero-order chi connectivity index (χ0) is 23.0. The van der Waals surface area contributed by atoms with Gasteiger partial charge in [0.05, 0.1) is 49.3 Å². The second-order valence-electron chi connectivity index (χ2n) is 7.92. The van der Waals surface area contributed by atoms with Gasteiger partial charge in [-0.15, -0.1) is 0 Å². The quantitative estimate of drug-likeness (QED) is 0.695. The molecule has 8 heteroatoms. The van der Waals surface area contributed by atoms with Crippen molar-refractivity contribution in [3.8, 4) is 34.5 Å². The van der Waals surface area contributed by atoms with E-state index in [1.54, 1.807) is 42.7 Å². The molecule has 0 radical (unpaired) electrons. The Morgan fingerprint density at radius 1 is 0.750 bits per heavy atom. The van der Waals surface area contributed by atoms with Gasteiger partial charge >= 0.3 is 0 Å². The number of methoxy groups -OCH3 is 6. The number of fused-ring (bicyclic) bond motifs is 2. The topological polar surface area (TPSA) is 84.8 Å². The van der Waals surface area contributed by atoms with Crippen molar-refractivity contribution in [1.29, 1.82) is 0 Å². The third-order valence-corrected chi connectivity index (χ3v) is 6.53. The first kappa shape index (κ1) is 22.4. The maximum atomic E-state index is 10.8. The Balaban J connectivity index is 2.01. The maximum Gasteiger partial charge on any atom is 0.203 e. The molecule has 1 aliphatic carbocycles. The molecule has 174 valence electrons. The third kappa shape index (κ3) is 3.38. The predicted octanol–water partition coefficient (Wildman–Crippen LogP) is 3.01. The highest BCUT2D eigenvalue weighted by Gasteiger charge is 2.48. The summed E-state index contributed by atoms with van der Waals surface area (Å²) in [6, 6.07) is 5.82. The van der Waals surface area contributed by atoms with E-state index in [0.717, 1.165) is 23.1 Å². The number of benzene rings is 2. The molecule has 0 bridgehead atoms. The van der Waals surface area contributed by atoms with E-state index >= 15 is 0 Å². The predicted molar refractivity (Wildman–Crippen MR) is 117 cm³/mol. The Bertz CT molecular complexity index is 963. The summed E-state index contributed by atoms with van der Waals surface area (Å²) in [7, 11) is 9.54. The van der Waals surface area contributed by atoms with E-state index in [0.29, 0.717) is 41.1 Å². The second-order valence-corrected chi connectivity index (χ2v) is 7.92. The Kier molecular flexibility index (Phi) is 6.26. The molecular formula is C24H30O8. The van der Waals surface area contributed by atoms with Gasteiger partial charge in [0.25, 0.3) is 0 Å². The number of rotatable bonds is 7. The minimum absolute atomic E-state index is 0.129. The second kappa shape index (κ2) is 8.96. The summed E-state index contributed by atoms with van der Waals surface area (Å²) in [6.45, 7) is 0.475. The van der Waals surface area contributed by atoms with Crippen molar-refractivity contribution in [2.75, 3.05) is 49.3 Å². The molecule has 1 fully saturated rings. The first-order valence-corrected chi connectivity index (χ1v) is 10.4. The molecule has 2 aliphatic rings. The average Bonchev–Trinajstić information content (AvgIpc) is 3.20. The Morgan fingerprint density at radius 3 is 1.84 bits per heavy atom. The molecule has 1 heterocycles. The Hall–Kier alpha value is -2.84. The van der Waals surface area contributed by atoms with Gasteiger partial charge in [0.2, 0.25) is 11.5 Å².